The van der Waals surface area contributed by atoms with Crippen molar-refractivity contribution >= 4 is 35.2 Å². The summed E-state index contributed by atoms with van der Waals surface area (Å²) in [6.07, 6.45) is 3.35. The van der Waals surface area contributed by atoms with E-state index in [2.05, 4.69) is 0 Å². The minimum absolute atomic E-state index is 0.0840. The summed E-state index contributed by atoms with van der Waals surface area (Å²) in [5.74, 6) is -1.55. The summed E-state index contributed by atoms with van der Waals surface area (Å²) >= 11 is 1.63. The number of thiophene rings is 1. The lowest BCUT2D eigenvalue weighted by Gasteiger charge is -2.33. The molecule has 1 fully saturated rings. The molecule has 1 aromatic rings. The monoisotopic (exact) mass is 336 g/mol. The van der Waals surface area contributed by atoms with Gasteiger partial charge in [-0.1, -0.05) is 0 Å². The molecule has 7 heteroatoms. The zero-order valence-electron chi connectivity index (χ0n) is 13.3. The van der Waals surface area contributed by atoms with Crippen LogP contribution in [-0.4, -0.2) is 60.4 Å². The largest absolute Gasteiger partial charge is 0.459 e. The molecule has 0 spiro atoms. The van der Waals surface area contributed by atoms with Crippen LogP contribution in [0.15, 0.2) is 18.2 Å². The first-order valence-corrected chi connectivity index (χ1v) is 8.32. The van der Waals surface area contributed by atoms with E-state index in [1.165, 1.54) is 9.78 Å². The fourth-order valence-corrected chi connectivity index (χ4v) is 3.03. The second-order valence-corrected chi connectivity index (χ2v) is 6.44. The van der Waals surface area contributed by atoms with E-state index in [1.807, 2.05) is 19.1 Å². The van der Waals surface area contributed by atoms with Gasteiger partial charge in [-0.15, -0.1) is 11.3 Å². The van der Waals surface area contributed by atoms with Crippen LogP contribution < -0.4 is 0 Å². The first-order chi connectivity index (χ1) is 11.0. The van der Waals surface area contributed by atoms with Crippen LogP contribution in [0.3, 0.4) is 0 Å². The highest BCUT2D eigenvalue weighted by Crippen LogP contribution is 2.16. The number of nitrogens with zero attached hydrogens (tertiary/aromatic N) is 2. The summed E-state index contributed by atoms with van der Waals surface area (Å²) in [5, 5.41) is 0. The van der Waals surface area contributed by atoms with Crippen LogP contribution in [-0.2, 0) is 19.1 Å². The predicted molar refractivity (Wildman–Crippen MR) is 87.9 cm³/mol. The van der Waals surface area contributed by atoms with E-state index in [1.54, 1.807) is 35.3 Å². The molecule has 1 aliphatic rings. The molecule has 0 unspecified atom stereocenters. The Kier molecular flexibility index (Phi) is 5.92. The van der Waals surface area contributed by atoms with Crippen molar-refractivity contribution in [2.45, 2.75) is 13.8 Å². The van der Waals surface area contributed by atoms with Gasteiger partial charge < -0.3 is 14.5 Å². The Bertz CT molecular complexity index is 615. The van der Waals surface area contributed by atoms with Crippen molar-refractivity contribution < 1.29 is 19.1 Å². The molecule has 2 rings (SSSR count). The molecule has 0 N–H and O–H groups in total. The maximum Gasteiger partial charge on any atom is 0.397 e. The van der Waals surface area contributed by atoms with Gasteiger partial charge in [0.25, 0.3) is 0 Å². The number of amides is 2. The van der Waals surface area contributed by atoms with Crippen molar-refractivity contribution in [2.75, 3.05) is 32.8 Å². The Balaban J connectivity index is 1.84. The third kappa shape index (κ3) is 4.66. The Morgan fingerprint density at radius 2 is 1.83 bits per heavy atom. The number of rotatable bonds is 3. The van der Waals surface area contributed by atoms with Crippen molar-refractivity contribution in [3.05, 3.63) is 28.0 Å². The SMILES string of the molecule is CCOC(=O)C(=O)N1CCN(C(=O)C=Cc2ccc(C)s2)CC1. The molecule has 124 valence electrons. The van der Waals surface area contributed by atoms with Gasteiger partial charge in [0.05, 0.1) is 6.61 Å². The van der Waals surface area contributed by atoms with Crippen molar-refractivity contribution in [1.29, 1.82) is 0 Å². The zero-order valence-corrected chi connectivity index (χ0v) is 14.1. The van der Waals surface area contributed by atoms with Crippen LogP contribution in [0.2, 0.25) is 0 Å². The number of hydrogen-bond acceptors (Lipinski definition) is 5. The standard InChI is InChI=1S/C16H20N2O4S/c1-3-22-16(21)15(20)18-10-8-17(9-11-18)14(19)7-6-13-5-4-12(2)23-13/h4-7H,3,8-11H2,1-2H3. The summed E-state index contributed by atoms with van der Waals surface area (Å²) in [6, 6.07) is 3.98. The number of hydrogen-bond donors (Lipinski definition) is 0. The first-order valence-electron chi connectivity index (χ1n) is 7.50. The minimum atomic E-state index is -0.833. The maximum absolute atomic E-state index is 12.1. The normalized spacial score (nSPS) is 15.0. The topological polar surface area (TPSA) is 66.9 Å². The van der Waals surface area contributed by atoms with Gasteiger partial charge in [0.15, 0.2) is 0 Å². The van der Waals surface area contributed by atoms with Crippen LogP contribution in [0.5, 0.6) is 0 Å². The summed E-state index contributed by atoms with van der Waals surface area (Å²) < 4.78 is 4.70. The number of ether oxygens (including phenoxy) is 1. The molecule has 2 amide bonds. The van der Waals surface area contributed by atoms with Crippen LogP contribution in [0, 0.1) is 6.92 Å². The van der Waals surface area contributed by atoms with E-state index in [0.717, 1.165) is 4.88 Å². The Morgan fingerprint density at radius 3 is 2.39 bits per heavy atom. The minimum Gasteiger partial charge on any atom is -0.459 e. The smallest absolute Gasteiger partial charge is 0.397 e. The second-order valence-electron chi connectivity index (χ2n) is 5.12. The Morgan fingerprint density at radius 1 is 1.17 bits per heavy atom. The molecule has 1 aromatic heterocycles. The average molecular weight is 336 g/mol. The highest BCUT2D eigenvalue weighted by Gasteiger charge is 2.27. The molecule has 0 aliphatic carbocycles. The van der Waals surface area contributed by atoms with Crippen molar-refractivity contribution in [3.8, 4) is 0 Å². The number of esters is 1. The van der Waals surface area contributed by atoms with Crippen molar-refractivity contribution in [3.63, 3.8) is 0 Å². The van der Waals surface area contributed by atoms with Gasteiger partial charge in [-0.05, 0) is 32.1 Å². The molecule has 0 atom stereocenters. The third-order valence-electron chi connectivity index (χ3n) is 3.48. The quantitative estimate of drug-likeness (QED) is 0.474. The molecule has 1 aliphatic heterocycles. The molecule has 0 bridgehead atoms. The van der Waals surface area contributed by atoms with E-state index in [0.29, 0.717) is 26.2 Å². The van der Waals surface area contributed by atoms with Gasteiger partial charge in [-0.2, -0.15) is 0 Å². The number of carbonyl (C=O) groups is 3. The predicted octanol–water partition coefficient (Wildman–Crippen LogP) is 1.30. The molecule has 2 heterocycles. The average Bonchev–Trinajstić information content (AvgIpc) is 2.97. The maximum atomic E-state index is 12.1. The highest BCUT2D eigenvalue weighted by molar-refractivity contribution is 7.12. The summed E-state index contributed by atoms with van der Waals surface area (Å²) in [5.41, 5.74) is 0. The summed E-state index contributed by atoms with van der Waals surface area (Å²) in [7, 11) is 0. The summed E-state index contributed by atoms with van der Waals surface area (Å²) in [6.45, 7) is 5.36. The van der Waals surface area contributed by atoms with E-state index >= 15 is 0 Å². The van der Waals surface area contributed by atoms with E-state index < -0.39 is 11.9 Å². The molecule has 23 heavy (non-hydrogen) atoms. The van der Waals surface area contributed by atoms with E-state index in [9.17, 15) is 14.4 Å². The number of aryl methyl sites for hydroxylation is 1. The van der Waals surface area contributed by atoms with E-state index in [-0.39, 0.29) is 12.5 Å². The molecule has 6 nitrogen and oxygen atoms in total. The zero-order chi connectivity index (χ0) is 16.8. The van der Waals surface area contributed by atoms with Gasteiger partial charge in [0.1, 0.15) is 0 Å². The van der Waals surface area contributed by atoms with Crippen molar-refractivity contribution in [1.82, 2.24) is 9.80 Å². The molecular weight excluding hydrogens is 316 g/mol. The molecule has 0 radical (unpaired) electrons. The van der Waals surface area contributed by atoms with Crippen LogP contribution in [0.4, 0.5) is 0 Å². The summed E-state index contributed by atoms with van der Waals surface area (Å²) in [4.78, 5) is 40.7. The van der Waals surface area contributed by atoms with Crippen LogP contribution >= 0.6 is 11.3 Å². The van der Waals surface area contributed by atoms with Crippen LogP contribution in [0.1, 0.15) is 16.7 Å². The highest BCUT2D eigenvalue weighted by atomic mass is 32.1. The third-order valence-corrected chi connectivity index (χ3v) is 4.45. The number of piperazine rings is 1. The fourth-order valence-electron chi connectivity index (χ4n) is 2.25. The number of carbonyl (C=O) groups excluding carboxylic acids is 3. The molecule has 1 saturated heterocycles. The Hall–Kier alpha value is -2.15. The lowest BCUT2D eigenvalue weighted by atomic mass is 10.3. The lowest BCUT2D eigenvalue weighted by Crippen LogP contribution is -2.52. The fraction of sp³-hybridized carbons (Fsp3) is 0.438. The molecule has 0 aromatic carbocycles. The first kappa shape index (κ1) is 17.2. The van der Waals surface area contributed by atoms with Gasteiger partial charge in [-0.25, -0.2) is 4.79 Å². The Labute approximate surface area is 139 Å². The van der Waals surface area contributed by atoms with Gasteiger partial charge in [-0.3, -0.25) is 9.59 Å². The molecule has 0 saturated carbocycles. The molecular formula is C16H20N2O4S. The van der Waals surface area contributed by atoms with Gasteiger partial charge in [0, 0.05) is 42.0 Å². The van der Waals surface area contributed by atoms with Crippen LogP contribution in [0.25, 0.3) is 6.08 Å². The van der Waals surface area contributed by atoms with Gasteiger partial charge in [0.2, 0.25) is 5.91 Å². The van der Waals surface area contributed by atoms with Crippen molar-refractivity contribution in [2.24, 2.45) is 0 Å². The second kappa shape index (κ2) is 7.92. The van der Waals surface area contributed by atoms with Gasteiger partial charge >= 0.3 is 11.9 Å². The lowest BCUT2D eigenvalue weighted by molar-refractivity contribution is -0.161. The van der Waals surface area contributed by atoms with E-state index in [4.69, 9.17) is 4.74 Å².